The molecule has 1 aliphatic rings. The number of hydrogen-bond acceptors (Lipinski definition) is 4. The Morgan fingerprint density at radius 2 is 1.79 bits per heavy atom. The number of para-hydroxylation sites is 1. The van der Waals surface area contributed by atoms with Gasteiger partial charge in [-0.15, -0.1) is 0 Å². The SMILES string of the molecule is COc1ccc(CNC(=O)N2CCC(c3nc(C)ccc3C(=O)NCCc3c[nH]c4ccccc34)CC2)cc1. The number of rotatable bonds is 8. The number of carbonyl (C=O) groups excluding carboxylic acids is 2. The van der Waals surface area contributed by atoms with Crippen LogP contribution in [0.3, 0.4) is 0 Å². The van der Waals surface area contributed by atoms with Gasteiger partial charge in [-0.1, -0.05) is 30.3 Å². The summed E-state index contributed by atoms with van der Waals surface area (Å²) in [5.74, 6) is 0.821. The number of methoxy groups -OCH3 is 1. The molecule has 5 rings (SSSR count). The first-order valence-corrected chi connectivity index (χ1v) is 13.5. The second-order valence-corrected chi connectivity index (χ2v) is 10.0. The van der Waals surface area contributed by atoms with Crippen molar-refractivity contribution < 1.29 is 14.3 Å². The minimum absolute atomic E-state index is 0.0725. The van der Waals surface area contributed by atoms with Gasteiger partial charge >= 0.3 is 6.03 Å². The number of pyridine rings is 1. The Bertz CT molecular complexity index is 1440. The quantitative estimate of drug-likeness (QED) is 0.303. The minimum Gasteiger partial charge on any atom is -0.497 e. The lowest BCUT2D eigenvalue weighted by Crippen LogP contribution is -2.44. The van der Waals surface area contributed by atoms with Gasteiger partial charge in [-0.3, -0.25) is 9.78 Å². The molecule has 3 heterocycles. The van der Waals surface area contributed by atoms with Crippen LogP contribution >= 0.6 is 0 Å². The molecule has 1 fully saturated rings. The van der Waals surface area contributed by atoms with Crippen molar-refractivity contribution in [2.45, 2.75) is 38.6 Å². The zero-order valence-corrected chi connectivity index (χ0v) is 22.5. The van der Waals surface area contributed by atoms with E-state index >= 15 is 0 Å². The summed E-state index contributed by atoms with van der Waals surface area (Å²) < 4.78 is 5.19. The third-order valence-electron chi connectivity index (χ3n) is 7.44. The number of nitrogens with one attached hydrogen (secondary N) is 3. The number of carbonyl (C=O) groups is 2. The highest BCUT2D eigenvalue weighted by Crippen LogP contribution is 2.29. The second-order valence-electron chi connectivity index (χ2n) is 10.0. The Morgan fingerprint density at radius 3 is 2.56 bits per heavy atom. The molecule has 4 aromatic rings. The summed E-state index contributed by atoms with van der Waals surface area (Å²) in [7, 11) is 1.63. The van der Waals surface area contributed by atoms with Crippen LogP contribution in [0.1, 0.15) is 51.6 Å². The van der Waals surface area contributed by atoms with E-state index in [0.717, 1.165) is 47.5 Å². The first kappa shape index (κ1) is 26.3. The normalized spacial score (nSPS) is 13.8. The van der Waals surface area contributed by atoms with E-state index in [-0.39, 0.29) is 17.9 Å². The summed E-state index contributed by atoms with van der Waals surface area (Å²) in [4.78, 5) is 35.9. The van der Waals surface area contributed by atoms with E-state index in [0.29, 0.717) is 31.7 Å². The number of aromatic amines is 1. The number of ether oxygens (including phenoxy) is 1. The molecule has 2 aromatic heterocycles. The van der Waals surface area contributed by atoms with Gasteiger partial charge in [0.15, 0.2) is 0 Å². The summed E-state index contributed by atoms with van der Waals surface area (Å²) in [6.45, 7) is 4.20. The highest BCUT2D eigenvalue weighted by atomic mass is 16.5. The molecule has 0 spiro atoms. The van der Waals surface area contributed by atoms with Crippen molar-refractivity contribution in [1.29, 1.82) is 0 Å². The van der Waals surface area contributed by atoms with E-state index in [4.69, 9.17) is 9.72 Å². The first-order valence-electron chi connectivity index (χ1n) is 13.5. The Hall–Kier alpha value is -4.33. The molecule has 0 atom stereocenters. The van der Waals surface area contributed by atoms with E-state index in [1.54, 1.807) is 7.11 Å². The van der Waals surface area contributed by atoms with Gasteiger partial charge < -0.3 is 25.3 Å². The number of nitrogens with zero attached hydrogens (tertiary/aromatic N) is 2. The predicted molar refractivity (Wildman–Crippen MR) is 152 cm³/mol. The molecule has 1 aliphatic heterocycles. The van der Waals surface area contributed by atoms with Crippen LogP contribution in [0.2, 0.25) is 0 Å². The number of H-pyrrole nitrogens is 1. The van der Waals surface area contributed by atoms with Gasteiger partial charge in [0.1, 0.15) is 5.75 Å². The Balaban J connectivity index is 1.15. The van der Waals surface area contributed by atoms with Crippen molar-refractivity contribution in [2.75, 3.05) is 26.7 Å². The number of likely N-dealkylation sites (tertiary alicyclic amines) is 1. The highest BCUT2D eigenvalue weighted by Gasteiger charge is 2.28. The number of aromatic nitrogens is 2. The van der Waals surface area contributed by atoms with Crippen LogP contribution in [0.4, 0.5) is 4.79 Å². The summed E-state index contributed by atoms with van der Waals surface area (Å²) in [6.07, 6.45) is 4.29. The maximum absolute atomic E-state index is 13.2. The summed E-state index contributed by atoms with van der Waals surface area (Å²) >= 11 is 0. The van der Waals surface area contributed by atoms with Crippen molar-refractivity contribution in [3.63, 3.8) is 0 Å². The monoisotopic (exact) mass is 525 g/mol. The van der Waals surface area contributed by atoms with E-state index in [1.165, 1.54) is 10.9 Å². The van der Waals surface area contributed by atoms with Crippen LogP contribution in [0, 0.1) is 6.92 Å². The second kappa shape index (κ2) is 12.0. The fourth-order valence-electron chi connectivity index (χ4n) is 5.21. The third kappa shape index (κ3) is 6.22. The maximum Gasteiger partial charge on any atom is 0.317 e. The highest BCUT2D eigenvalue weighted by molar-refractivity contribution is 5.95. The molecule has 8 nitrogen and oxygen atoms in total. The molecule has 3 N–H and O–H groups in total. The zero-order chi connectivity index (χ0) is 27.2. The molecular formula is C31H35N5O3. The number of amides is 3. The lowest BCUT2D eigenvalue weighted by molar-refractivity contribution is 0.0951. The van der Waals surface area contributed by atoms with Crippen molar-refractivity contribution >= 4 is 22.8 Å². The zero-order valence-electron chi connectivity index (χ0n) is 22.5. The molecule has 0 aliphatic carbocycles. The standard InChI is InChI=1S/C31H35N5O3/c1-21-7-12-27(30(37)32-16-13-24-20-33-28-6-4-3-5-26(24)28)29(35-21)23-14-17-36(18-15-23)31(38)34-19-22-8-10-25(39-2)11-9-22/h3-12,20,23,33H,13-19H2,1-2H3,(H,32,37)(H,34,38). The van der Waals surface area contributed by atoms with Crippen molar-refractivity contribution in [1.82, 2.24) is 25.5 Å². The first-order chi connectivity index (χ1) is 19.0. The molecule has 1 saturated heterocycles. The molecule has 0 unspecified atom stereocenters. The summed E-state index contributed by atoms with van der Waals surface area (Å²) in [6, 6.07) is 19.5. The van der Waals surface area contributed by atoms with Crippen LogP contribution in [0.15, 0.2) is 66.9 Å². The van der Waals surface area contributed by atoms with Gasteiger partial charge in [0, 0.05) is 54.9 Å². The average Bonchev–Trinajstić information content (AvgIpc) is 3.39. The maximum atomic E-state index is 13.2. The number of piperidine rings is 1. The fraction of sp³-hybridized carbons (Fsp3) is 0.323. The molecule has 202 valence electrons. The van der Waals surface area contributed by atoms with Crippen LogP contribution in [-0.2, 0) is 13.0 Å². The number of aryl methyl sites for hydroxylation is 1. The Morgan fingerprint density at radius 1 is 1.03 bits per heavy atom. The van der Waals surface area contributed by atoms with E-state index in [1.807, 2.05) is 66.6 Å². The number of urea groups is 1. The van der Waals surface area contributed by atoms with Crippen LogP contribution in [-0.4, -0.2) is 53.6 Å². The van der Waals surface area contributed by atoms with E-state index < -0.39 is 0 Å². The third-order valence-corrected chi connectivity index (χ3v) is 7.44. The van der Waals surface area contributed by atoms with Gasteiger partial charge in [-0.25, -0.2) is 4.79 Å². The average molecular weight is 526 g/mol. The van der Waals surface area contributed by atoms with Crippen molar-refractivity contribution in [3.05, 3.63) is 94.9 Å². The molecule has 0 saturated carbocycles. The van der Waals surface area contributed by atoms with E-state index in [9.17, 15) is 9.59 Å². The molecular weight excluding hydrogens is 490 g/mol. The Kier molecular flexibility index (Phi) is 8.10. The van der Waals surface area contributed by atoms with Gasteiger partial charge in [0.05, 0.1) is 18.4 Å². The van der Waals surface area contributed by atoms with Gasteiger partial charge in [-0.2, -0.15) is 0 Å². The topological polar surface area (TPSA) is 99.3 Å². The van der Waals surface area contributed by atoms with Crippen molar-refractivity contribution in [2.24, 2.45) is 0 Å². The van der Waals surface area contributed by atoms with Crippen LogP contribution < -0.4 is 15.4 Å². The van der Waals surface area contributed by atoms with E-state index in [2.05, 4.69) is 27.8 Å². The summed E-state index contributed by atoms with van der Waals surface area (Å²) in [5, 5.41) is 7.29. The van der Waals surface area contributed by atoms with Gasteiger partial charge in [-0.05, 0) is 67.6 Å². The number of hydrogen-bond donors (Lipinski definition) is 3. The molecule has 0 bridgehead atoms. The van der Waals surface area contributed by atoms with Gasteiger partial charge in [0.25, 0.3) is 5.91 Å². The predicted octanol–water partition coefficient (Wildman–Crippen LogP) is 4.94. The lowest BCUT2D eigenvalue weighted by Gasteiger charge is -2.32. The number of benzene rings is 2. The van der Waals surface area contributed by atoms with Crippen molar-refractivity contribution in [3.8, 4) is 5.75 Å². The molecule has 8 heteroatoms. The fourth-order valence-corrected chi connectivity index (χ4v) is 5.21. The molecule has 3 amide bonds. The minimum atomic E-state index is -0.1000. The molecule has 2 aromatic carbocycles. The smallest absolute Gasteiger partial charge is 0.317 e. The largest absolute Gasteiger partial charge is 0.497 e. The summed E-state index contributed by atoms with van der Waals surface area (Å²) in [5.41, 5.74) is 5.65. The lowest BCUT2D eigenvalue weighted by atomic mass is 9.90. The molecule has 39 heavy (non-hydrogen) atoms. The molecule has 0 radical (unpaired) electrons. The van der Waals surface area contributed by atoms with Gasteiger partial charge in [0.2, 0.25) is 0 Å². The van der Waals surface area contributed by atoms with Crippen LogP contribution in [0.25, 0.3) is 10.9 Å². The van der Waals surface area contributed by atoms with Crippen LogP contribution in [0.5, 0.6) is 5.75 Å². The Labute approximate surface area is 228 Å². The number of fused-ring (bicyclic) bond motifs is 1.